The molecular weight excluding hydrogens is 640 g/mol. The van der Waals surface area contributed by atoms with Crippen LogP contribution in [0.25, 0.3) is 11.0 Å². The number of nitrogens with zero attached hydrogens (tertiary/aromatic N) is 1. The second-order valence-electron chi connectivity index (χ2n) is 12.1. The van der Waals surface area contributed by atoms with Gasteiger partial charge in [0.1, 0.15) is 25.4 Å². The highest BCUT2D eigenvalue weighted by atomic mass is 16.5. The predicted octanol–water partition coefficient (Wildman–Crippen LogP) is 8.47. The number of hydrogen-bond donors (Lipinski definition) is 1. The third kappa shape index (κ3) is 9.23. The summed E-state index contributed by atoms with van der Waals surface area (Å²) in [5.74, 6) is 0.713. The van der Waals surface area contributed by atoms with Crippen molar-refractivity contribution in [2.75, 3.05) is 26.2 Å². The highest BCUT2D eigenvalue weighted by molar-refractivity contribution is 6.10. The molecule has 260 valence electrons. The Labute approximate surface area is 298 Å². The zero-order valence-electron chi connectivity index (χ0n) is 29.0. The molecule has 0 spiro atoms. The molecule has 6 aromatic rings. The van der Waals surface area contributed by atoms with Crippen LogP contribution in [0.5, 0.6) is 17.2 Å². The Balaban J connectivity index is 1.31. The zero-order chi connectivity index (χ0) is 35.4. The van der Waals surface area contributed by atoms with Crippen LogP contribution in [0.4, 0.5) is 0 Å². The highest BCUT2D eigenvalue weighted by Gasteiger charge is 2.23. The molecule has 0 aliphatic heterocycles. The van der Waals surface area contributed by atoms with Crippen molar-refractivity contribution in [3.63, 3.8) is 0 Å². The van der Waals surface area contributed by atoms with Crippen molar-refractivity contribution in [1.82, 2.24) is 10.2 Å². The minimum Gasteiger partial charge on any atom is -0.485 e. The molecule has 0 fully saturated rings. The van der Waals surface area contributed by atoms with E-state index < -0.39 is 0 Å². The fourth-order valence-corrected chi connectivity index (χ4v) is 5.67. The van der Waals surface area contributed by atoms with Crippen LogP contribution in [0, 0.1) is 0 Å². The maximum absolute atomic E-state index is 14.1. The summed E-state index contributed by atoms with van der Waals surface area (Å²) in [6.07, 6.45) is 0. The van der Waals surface area contributed by atoms with Crippen LogP contribution in [-0.2, 0) is 19.8 Å². The summed E-state index contributed by atoms with van der Waals surface area (Å²) < 4.78 is 25.1. The van der Waals surface area contributed by atoms with Crippen LogP contribution in [0.1, 0.15) is 57.0 Å². The third-order valence-corrected chi connectivity index (χ3v) is 8.59. The molecule has 1 aromatic heterocycles. The van der Waals surface area contributed by atoms with E-state index >= 15 is 0 Å². The molecule has 8 heteroatoms. The van der Waals surface area contributed by atoms with Gasteiger partial charge in [0.2, 0.25) is 11.5 Å². The number of furan rings is 1. The minimum absolute atomic E-state index is 0.130. The normalized spacial score (nSPS) is 11.0. The first-order valence-electron chi connectivity index (χ1n) is 17.3. The summed E-state index contributed by atoms with van der Waals surface area (Å²) in [5.41, 5.74) is 4.19. The van der Waals surface area contributed by atoms with Gasteiger partial charge >= 0.3 is 0 Å². The first-order valence-corrected chi connectivity index (χ1v) is 17.3. The first kappa shape index (κ1) is 35.0. The standard InChI is InChI=1S/C43H42N2O6/c1-3-45(4-2)23-22-44-43(47)34-20-21-37-35(24-34)25-38(51-37)41(46)36-26-39(48-28-31-14-8-5-9-15-31)42(50-30-33-18-12-7-13-19-33)40(27-36)49-29-32-16-10-6-11-17-32/h5-21,24-27H,3-4,22-23,28-30H2,1-2H3,(H,44,47). The van der Waals surface area contributed by atoms with Crippen LogP contribution < -0.4 is 19.5 Å². The number of ether oxygens (including phenoxy) is 3. The van der Waals surface area contributed by atoms with Gasteiger partial charge in [0, 0.05) is 29.6 Å². The molecular formula is C43H42N2O6. The van der Waals surface area contributed by atoms with E-state index in [1.807, 2.05) is 91.0 Å². The molecule has 5 aromatic carbocycles. The molecule has 0 unspecified atom stereocenters. The van der Waals surface area contributed by atoms with Crippen molar-refractivity contribution in [2.24, 2.45) is 0 Å². The van der Waals surface area contributed by atoms with Gasteiger partial charge < -0.3 is 28.8 Å². The van der Waals surface area contributed by atoms with Gasteiger partial charge in [-0.2, -0.15) is 0 Å². The van der Waals surface area contributed by atoms with E-state index in [1.165, 1.54) is 0 Å². The molecule has 0 bridgehead atoms. The molecule has 8 nitrogen and oxygen atoms in total. The second-order valence-corrected chi connectivity index (χ2v) is 12.1. The lowest BCUT2D eigenvalue weighted by molar-refractivity contribution is 0.0948. The molecule has 1 amide bonds. The fraction of sp³-hybridized carbons (Fsp3) is 0.209. The van der Waals surface area contributed by atoms with E-state index in [4.69, 9.17) is 18.6 Å². The summed E-state index contributed by atoms with van der Waals surface area (Å²) in [6, 6.07) is 39.6. The maximum atomic E-state index is 14.1. The quantitative estimate of drug-likeness (QED) is 0.0966. The third-order valence-electron chi connectivity index (χ3n) is 8.59. The molecule has 0 atom stereocenters. The van der Waals surface area contributed by atoms with Gasteiger partial charge in [-0.25, -0.2) is 0 Å². The molecule has 51 heavy (non-hydrogen) atoms. The maximum Gasteiger partial charge on any atom is 0.251 e. The fourth-order valence-electron chi connectivity index (χ4n) is 5.67. The Morgan fingerprint density at radius 2 is 1.16 bits per heavy atom. The van der Waals surface area contributed by atoms with E-state index in [9.17, 15) is 9.59 Å². The van der Waals surface area contributed by atoms with E-state index in [-0.39, 0.29) is 37.3 Å². The van der Waals surface area contributed by atoms with Crippen molar-refractivity contribution in [1.29, 1.82) is 0 Å². The summed E-state index contributed by atoms with van der Waals surface area (Å²) in [7, 11) is 0. The van der Waals surface area contributed by atoms with E-state index in [0.29, 0.717) is 45.9 Å². The van der Waals surface area contributed by atoms with Crippen molar-refractivity contribution < 1.29 is 28.2 Å². The summed E-state index contributed by atoms with van der Waals surface area (Å²) in [4.78, 5) is 29.3. The average molecular weight is 683 g/mol. The largest absolute Gasteiger partial charge is 0.485 e. The molecule has 0 aliphatic carbocycles. The number of nitrogens with one attached hydrogen (secondary N) is 1. The van der Waals surface area contributed by atoms with Gasteiger partial charge in [-0.3, -0.25) is 9.59 Å². The molecule has 1 N–H and O–H groups in total. The number of rotatable bonds is 17. The topological polar surface area (TPSA) is 90.2 Å². The lowest BCUT2D eigenvalue weighted by Crippen LogP contribution is -2.34. The monoisotopic (exact) mass is 682 g/mol. The van der Waals surface area contributed by atoms with E-state index in [1.54, 1.807) is 36.4 Å². The first-order chi connectivity index (χ1) is 25.0. The van der Waals surface area contributed by atoms with E-state index in [2.05, 4.69) is 24.1 Å². The molecule has 0 aliphatic rings. The number of carbonyl (C=O) groups is 2. The Kier molecular flexibility index (Phi) is 11.8. The molecule has 0 radical (unpaired) electrons. The Morgan fingerprint density at radius 3 is 1.69 bits per heavy atom. The van der Waals surface area contributed by atoms with Crippen molar-refractivity contribution in [3.05, 3.63) is 161 Å². The Morgan fingerprint density at radius 1 is 0.627 bits per heavy atom. The van der Waals surface area contributed by atoms with Crippen molar-refractivity contribution in [2.45, 2.75) is 33.7 Å². The SMILES string of the molecule is CCN(CC)CCNC(=O)c1ccc2oc(C(=O)c3cc(OCc4ccccc4)c(OCc4ccccc4)c(OCc4ccccc4)c3)cc2c1. The van der Waals surface area contributed by atoms with Crippen LogP contribution in [-0.4, -0.2) is 42.8 Å². The van der Waals surface area contributed by atoms with Crippen molar-refractivity contribution >= 4 is 22.7 Å². The van der Waals surface area contributed by atoms with Crippen LogP contribution >= 0.6 is 0 Å². The zero-order valence-corrected chi connectivity index (χ0v) is 29.0. The average Bonchev–Trinajstić information content (AvgIpc) is 3.62. The van der Waals surface area contributed by atoms with Crippen LogP contribution in [0.15, 0.2) is 132 Å². The summed E-state index contributed by atoms with van der Waals surface area (Å²) in [6.45, 7) is 8.14. The lowest BCUT2D eigenvalue weighted by Gasteiger charge is -2.19. The van der Waals surface area contributed by atoms with Gasteiger partial charge in [-0.15, -0.1) is 0 Å². The summed E-state index contributed by atoms with van der Waals surface area (Å²) >= 11 is 0. The smallest absolute Gasteiger partial charge is 0.251 e. The number of likely N-dealkylation sites (N-methyl/N-ethyl adjacent to an activating group) is 1. The molecule has 6 rings (SSSR count). The van der Waals surface area contributed by atoms with Crippen LogP contribution in [0.3, 0.4) is 0 Å². The van der Waals surface area contributed by atoms with E-state index in [0.717, 1.165) is 36.3 Å². The van der Waals surface area contributed by atoms with Crippen molar-refractivity contribution in [3.8, 4) is 17.2 Å². The van der Waals surface area contributed by atoms with Gasteiger partial charge in [0.15, 0.2) is 17.3 Å². The van der Waals surface area contributed by atoms with Gasteiger partial charge in [-0.1, -0.05) is 105 Å². The number of carbonyl (C=O) groups excluding carboxylic acids is 2. The number of ketones is 1. The Hall–Kier alpha value is -5.86. The number of fused-ring (bicyclic) bond motifs is 1. The van der Waals surface area contributed by atoms with Gasteiger partial charge in [-0.05, 0) is 66.2 Å². The Bertz CT molecular complexity index is 1980. The van der Waals surface area contributed by atoms with Gasteiger partial charge in [0.05, 0.1) is 0 Å². The molecule has 0 saturated carbocycles. The highest BCUT2D eigenvalue weighted by Crippen LogP contribution is 2.41. The summed E-state index contributed by atoms with van der Waals surface area (Å²) in [5, 5.41) is 3.64. The predicted molar refractivity (Wildman–Crippen MR) is 199 cm³/mol. The number of benzene rings is 5. The molecule has 1 heterocycles. The molecule has 0 saturated heterocycles. The number of hydrogen-bond acceptors (Lipinski definition) is 7. The lowest BCUT2D eigenvalue weighted by atomic mass is 10.1. The van der Waals surface area contributed by atoms with Gasteiger partial charge in [0.25, 0.3) is 5.91 Å². The second kappa shape index (κ2) is 17.2. The minimum atomic E-state index is -0.361. The number of amides is 1. The van der Waals surface area contributed by atoms with Crippen LogP contribution in [0.2, 0.25) is 0 Å².